The maximum Gasteiger partial charge on any atom is 0.338 e. The molecule has 122 valence electrons. The van der Waals surface area contributed by atoms with Crippen LogP contribution in [0.15, 0.2) is 54.0 Å². The zero-order valence-corrected chi connectivity index (χ0v) is 13.9. The Bertz CT molecular complexity index is 861. The van der Waals surface area contributed by atoms with Gasteiger partial charge in [-0.25, -0.2) is 9.78 Å². The number of rotatable bonds is 5. The molecule has 1 aromatic heterocycles. The third-order valence-electron chi connectivity index (χ3n) is 3.58. The number of carbonyl (C=O) groups excluding carboxylic acids is 2. The zero-order valence-electron chi connectivity index (χ0n) is 13.1. The van der Waals surface area contributed by atoms with E-state index in [0.717, 1.165) is 15.8 Å². The second-order valence-electron chi connectivity index (χ2n) is 5.31. The molecule has 0 bridgehead atoms. The number of benzene rings is 2. The molecule has 0 aliphatic rings. The van der Waals surface area contributed by atoms with E-state index >= 15 is 0 Å². The van der Waals surface area contributed by atoms with Gasteiger partial charge in [-0.15, -0.1) is 11.3 Å². The van der Waals surface area contributed by atoms with E-state index < -0.39 is 5.97 Å². The number of fused-ring (bicyclic) bond motifs is 1. The maximum atomic E-state index is 12.1. The molecule has 0 aliphatic heterocycles. The van der Waals surface area contributed by atoms with Crippen LogP contribution in [0.1, 0.15) is 28.9 Å². The second-order valence-corrected chi connectivity index (χ2v) is 6.20. The highest BCUT2D eigenvalue weighted by molar-refractivity contribution is 7.16. The number of amides is 1. The molecule has 1 N–H and O–H groups in total. The summed E-state index contributed by atoms with van der Waals surface area (Å²) in [7, 11) is 0. The summed E-state index contributed by atoms with van der Waals surface area (Å²) in [6.45, 7) is 1.57. The number of hydrogen-bond donors (Lipinski definition) is 1. The molecule has 5 nitrogen and oxygen atoms in total. The van der Waals surface area contributed by atoms with Gasteiger partial charge in [-0.1, -0.05) is 30.3 Å². The van der Waals surface area contributed by atoms with E-state index in [1.807, 2.05) is 37.3 Å². The molecule has 3 rings (SSSR count). The van der Waals surface area contributed by atoms with Crippen molar-refractivity contribution in [1.29, 1.82) is 0 Å². The van der Waals surface area contributed by atoms with Gasteiger partial charge in [0.05, 0.1) is 27.3 Å². The first-order valence-corrected chi connectivity index (χ1v) is 8.36. The fourth-order valence-electron chi connectivity index (χ4n) is 2.30. The van der Waals surface area contributed by atoms with Gasteiger partial charge in [0.1, 0.15) is 0 Å². The number of aromatic nitrogens is 1. The van der Waals surface area contributed by atoms with Crippen LogP contribution in [-0.4, -0.2) is 23.5 Å². The van der Waals surface area contributed by atoms with E-state index in [1.165, 1.54) is 11.3 Å². The summed E-state index contributed by atoms with van der Waals surface area (Å²) in [6.07, 6.45) is 0. The van der Waals surface area contributed by atoms with Crippen LogP contribution < -0.4 is 5.32 Å². The van der Waals surface area contributed by atoms with Crippen molar-refractivity contribution in [2.75, 3.05) is 6.61 Å². The lowest BCUT2D eigenvalue weighted by Crippen LogP contribution is -2.31. The van der Waals surface area contributed by atoms with Gasteiger partial charge in [-0.3, -0.25) is 4.79 Å². The van der Waals surface area contributed by atoms with Crippen LogP contribution in [0.25, 0.3) is 10.2 Å². The molecule has 0 fully saturated rings. The highest BCUT2D eigenvalue weighted by Gasteiger charge is 2.13. The summed E-state index contributed by atoms with van der Waals surface area (Å²) < 4.78 is 5.99. The van der Waals surface area contributed by atoms with Crippen LogP contribution in [0.3, 0.4) is 0 Å². The lowest BCUT2D eigenvalue weighted by molar-refractivity contribution is -0.124. The van der Waals surface area contributed by atoms with Crippen molar-refractivity contribution in [2.24, 2.45) is 0 Å². The van der Waals surface area contributed by atoms with Crippen LogP contribution in [0.2, 0.25) is 0 Å². The van der Waals surface area contributed by atoms with E-state index in [0.29, 0.717) is 5.56 Å². The summed E-state index contributed by atoms with van der Waals surface area (Å²) >= 11 is 1.45. The molecule has 1 unspecified atom stereocenters. The molecule has 0 aliphatic carbocycles. The van der Waals surface area contributed by atoms with E-state index in [4.69, 9.17) is 4.74 Å². The summed E-state index contributed by atoms with van der Waals surface area (Å²) in [6, 6.07) is 14.6. The van der Waals surface area contributed by atoms with Gasteiger partial charge in [0.15, 0.2) is 6.61 Å². The van der Waals surface area contributed by atoms with Crippen LogP contribution in [0.4, 0.5) is 0 Å². The van der Waals surface area contributed by atoms with Crippen LogP contribution >= 0.6 is 11.3 Å². The molecule has 24 heavy (non-hydrogen) atoms. The molecule has 6 heteroatoms. The summed E-state index contributed by atoms with van der Waals surface area (Å²) in [4.78, 5) is 28.1. The lowest BCUT2D eigenvalue weighted by atomic mass is 10.1. The molecule has 0 radical (unpaired) electrons. The van der Waals surface area contributed by atoms with Gasteiger partial charge < -0.3 is 10.1 Å². The van der Waals surface area contributed by atoms with Crippen molar-refractivity contribution >= 4 is 33.4 Å². The van der Waals surface area contributed by atoms with Crippen molar-refractivity contribution in [3.63, 3.8) is 0 Å². The molecule has 0 saturated carbocycles. The van der Waals surface area contributed by atoms with Crippen LogP contribution in [0, 0.1) is 0 Å². The molecule has 0 saturated heterocycles. The molecule has 1 amide bonds. The Hall–Kier alpha value is -2.73. The van der Waals surface area contributed by atoms with E-state index in [9.17, 15) is 9.59 Å². The normalized spacial score (nSPS) is 11.9. The molecule has 2 aromatic carbocycles. The third-order valence-corrected chi connectivity index (χ3v) is 4.37. The minimum atomic E-state index is -0.521. The summed E-state index contributed by atoms with van der Waals surface area (Å²) in [5, 5.41) is 2.80. The van der Waals surface area contributed by atoms with Gasteiger partial charge in [0.2, 0.25) is 0 Å². The van der Waals surface area contributed by atoms with Crippen LogP contribution in [0.5, 0.6) is 0 Å². The Morgan fingerprint density at radius 1 is 1.21 bits per heavy atom. The highest BCUT2D eigenvalue weighted by Crippen LogP contribution is 2.19. The topological polar surface area (TPSA) is 68.3 Å². The third kappa shape index (κ3) is 3.78. The number of thiazole rings is 1. The van der Waals surface area contributed by atoms with Gasteiger partial charge in [0.25, 0.3) is 5.91 Å². The van der Waals surface area contributed by atoms with E-state index in [1.54, 1.807) is 23.7 Å². The Morgan fingerprint density at radius 3 is 2.79 bits per heavy atom. The molecule has 1 atom stereocenters. The molecular formula is C18H16N2O3S. The van der Waals surface area contributed by atoms with Crippen molar-refractivity contribution in [2.45, 2.75) is 13.0 Å². The SMILES string of the molecule is CC(NC(=O)COC(=O)c1ccc2ncsc2c1)c1ccccc1. The maximum absolute atomic E-state index is 12.1. The number of nitrogens with one attached hydrogen (secondary N) is 1. The highest BCUT2D eigenvalue weighted by atomic mass is 32.1. The lowest BCUT2D eigenvalue weighted by Gasteiger charge is -2.14. The van der Waals surface area contributed by atoms with Crippen molar-refractivity contribution in [1.82, 2.24) is 10.3 Å². The first kappa shape index (κ1) is 16.1. The van der Waals surface area contributed by atoms with Gasteiger partial charge >= 0.3 is 5.97 Å². The first-order valence-electron chi connectivity index (χ1n) is 7.48. The summed E-state index contributed by atoms with van der Waals surface area (Å²) in [5.74, 6) is -0.855. The molecule has 1 heterocycles. The molecular weight excluding hydrogens is 324 g/mol. The number of carbonyl (C=O) groups is 2. The quantitative estimate of drug-likeness (QED) is 0.723. The Labute approximate surface area is 143 Å². The zero-order chi connectivity index (χ0) is 16.9. The number of nitrogens with zero attached hydrogens (tertiary/aromatic N) is 1. The van der Waals surface area contributed by atoms with Crippen molar-refractivity contribution in [3.8, 4) is 0 Å². The molecule has 3 aromatic rings. The summed E-state index contributed by atoms with van der Waals surface area (Å²) in [5.41, 5.74) is 3.97. The average molecular weight is 340 g/mol. The van der Waals surface area contributed by atoms with Crippen molar-refractivity contribution < 1.29 is 14.3 Å². The van der Waals surface area contributed by atoms with Crippen LogP contribution in [-0.2, 0) is 9.53 Å². The Balaban J connectivity index is 1.54. The van der Waals surface area contributed by atoms with Gasteiger partial charge in [-0.05, 0) is 30.7 Å². The number of esters is 1. The average Bonchev–Trinajstić information content (AvgIpc) is 3.08. The minimum Gasteiger partial charge on any atom is -0.452 e. The fraction of sp³-hybridized carbons (Fsp3) is 0.167. The minimum absolute atomic E-state index is 0.147. The largest absolute Gasteiger partial charge is 0.452 e. The fourth-order valence-corrected chi connectivity index (χ4v) is 3.02. The van der Waals surface area contributed by atoms with Gasteiger partial charge in [-0.2, -0.15) is 0 Å². The molecule has 0 spiro atoms. The van der Waals surface area contributed by atoms with Crippen molar-refractivity contribution in [3.05, 3.63) is 65.2 Å². The monoisotopic (exact) mass is 340 g/mol. The number of hydrogen-bond acceptors (Lipinski definition) is 5. The predicted octanol–water partition coefficient (Wildman–Crippen LogP) is 3.33. The van der Waals surface area contributed by atoms with Gasteiger partial charge in [0, 0.05) is 0 Å². The second kappa shape index (κ2) is 7.23. The standard InChI is InChI=1S/C18H16N2O3S/c1-12(13-5-3-2-4-6-13)20-17(21)10-23-18(22)14-7-8-15-16(9-14)24-11-19-15/h2-9,11-12H,10H2,1H3,(H,20,21). The Kier molecular flexibility index (Phi) is 4.86. The number of ether oxygens (including phenoxy) is 1. The first-order chi connectivity index (χ1) is 11.6. The Morgan fingerprint density at radius 2 is 2.00 bits per heavy atom. The predicted molar refractivity (Wildman–Crippen MR) is 92.9 cm³/mol. The van der Waals surface area contributed by atoms with E-state index in [2.05, 4.69) is 10.3 Å². The smallest absolute Gasteiger partial charge is 0.338 e. The van der Waals surface area contributed by atoms with E-state index in [-0.39, 0.29) is 18.6 Å².